The minimum atomic E-state index is -0.0391. The van der Waals surface area contributed by atoms with Gasteiger partial charge in [-0.25, -0.2) is 14.6 Å². The minimum Gasteiger partial charge on any atom is -0.472 e. The first-order chi connectivity index (χ1) is 10.7. The fraction of sp³-hybridized carbons (Fsp3) is 0.500. The van der Waals surface area contributed by atoms with Crippen LogP contribution in [0.25, 0.3) is 0 Å². The Hall–Kier alpha value is -2.51. The molecule has 1 fully saturated rings. The first kappa shape index (κ1) is 14.4. The number of aromatic nitrogens is 5. The molecule has 3 rings (SSSR count). The third kappa shape index (κ3) is 3.57. The van der Waals surface area contributed by atoms with Crippen molar-refractivity contribution < 1.29 is 9.53 Å². The number of ether oxygens (including phenoxy) is 1. The minimum absolute atomic E-state index is 0.0256. The molecule has 0 radical (unpaired) electrons. The number of aryl methyl sites for hydroxylation is 1. The molecule has 1 unspecified atom stereocenters. The highest BCUT2D eigenvalue weighted by Crippen LogP contribution is 2.16. The molecule has 0 N–H and O–H groups in total. The van der Waals surface area contributed by atoms with E-state index in [1.165, 1.54) is 11.0 Å². The van der Waals surface area contributed by atoms with Crippen molar-refractivity contribution in [3.05, 3.63) is 30.7 Å². The van der Waals surface area contributed by atoms with E-state index in [2.05, 4.69) is 20.1 Å². The first-order valence-electron chi connectivity index (χ1n) is 7.27. The number of nitrogens with zero attached hydrogens (tertiary/aromatic N) is 6. The highest BCUT2D eigenvalue weighted by molar-refractivity contribution is 5.76. The van der Waals surface area contributed by atoms with E-state index in [0.717, 1.165) is 19.4 Å². The van der Waals surface area contributed by atoms with Gasteiger partial charge in [-0.15, -0.1) is 0 Å². The number of piperidine rings is 1. The van der Waals surface area contributed by atoms with Gasteiger partial charge in [-0.1, -0.05) is 0 Å². The van der Waals surface area contributed by atoms with Crippen LogP contribution in [0.15, 0.2) is 24.9 Å². The van der Waals surface area contributed by atoms with Gasteiger partial charge < -0.3 is 9.64 Å². The zero-order valence-electron chi connectivity index (χ0n) is 12.4. The summed E-state index contributed by atoms with van der Waals surface area (Å²) in [7, 11) is 0. The predicted molar refractivity (Wildman–Crippen MR) is 77.0 cm³/mol. The summed E-state index contributed by atoms with van der Waals surface area (Å²) in [5.41, 5.74) is 0. The van der Waals surface area contributed by atoms with Crippen LogP contribution >= 0.6 is 0 Å². The summed E-state index contributed by atoms with van der Waals surface area (Å²) in [5, 5.41) is 3.96. The molecule has 0 saturated carbocycles. The first-order valence-corrected chi connectivity index (χ1v) is 7.27. The average Bonchev–Trinajstić information content (AvgIpc) is 3.00. The van der Waals surface area contributed by atoms with Gasteiger partial charge in [-0.2, -0.15) is 10.1 Å². The molecular formula is C14H18N6O2. The Morgan fingerprint density at radius 3 is 3.18 bits per heavy atom. The number of hydrogen-bond acceptors (Lipinski definition) is 6. The highest BCUT2D eigenvalue weighted by atomic mass is 16.5. The number of hydrogen-bond donors (Lipinski definition) is 0. The third-order valence-corrected chi connectivity index (χ3v) is 3.53. The van der Waals surface area contributed by atoms with Crippen LogP contribution in [0, 0.1) is 6.92 Å². The van der Waals surface area contributed by atoms with Crippen molar-refractivity contribution in [2.75, 3.05) is 13.1 Å². The predicted octanol–water partition coefficient (Wildman–Crippen LogP) is 0.447. The van der Waals surface area contributed by atoms with Gasteiger partial charge in [0.1, 0.15) is 31.1 Å². The van der Waals surface area contributed by atoms with Crippen molar-refractivity contribution in [1.82, 2.24) is 29.6 Å². The largest absolute Gasteiger partial charge is 0.472 e. The molecule has 3 heterocycles. The van der Waals surface area contributed by atoms with E-state index in [4.69, 9.17) is 4.74 Å². The maximum absolute atomic E-state index is 12.3. The van der Waals surface area contributed by atoms with Gasteiger partial charge in [0.2, 0.25) is 11.8 Å². The summed E-state index contributed by atoms with van der Waals surface area (Å²) in [6, 6.07) is 1.74. The van der Waals surface area contributed by atoms with Crippen LogP contribution < -0.4 is 4.74 Å². The van der Waals surface area contributed by atoms with Crippen LogP contribution in [-0.4, -0.2) is 54.7 Å². The van der Waals surface area contributed by atoms with Gasteiger partial charge in [0.15, 0.2) is 0 Å². The van der Waals surface area contributed by atoms with E-state index >= 15 is 0 Å². The van der Waals surface area contributed by atoms with Gasteiger partial charge in [-0.05, 0) is 19.8 Å². The molecule has 0 spiro atoms. The molecule has 1 atom stereocenters. The molecule has 116 valence electrons. The Morgan fingerprint density at radius 1 is 1.50 bits per heavy atom. The zero-order valence-corrected chi connectivity index (χ0v) is 12.4. The summed E-state index contributed by atoms with van der Waals surface area (Å²) >= 11 is 0. The molecule has 1 aliphatic heterocycles. The average molecular weight is 302 g/mol. The van der Waals surface area contributed by atoms with Gasteiger partial charge in [0, 0.05) is 18.8 Å². The Morgan fingerprint density at radius 2 is 2.41 bits per heavy atom. The standard InChI is InChI=1S/C14H18N6O2/c1-11-16-5-4-13(18-11)22-12-3-2-6-19(7-12)14(21)8-20-10-15-9-17-20/h4-5,9-10,12H,2-3,6-8H2,1H3. The maximum atomic E-state index is 12.3. The lowest BCUT2D eigenvalue weighted by Crippen LogP contribution is -2.45. The molecule has 8 nitrogen and oxygen atoms in total. The number of rotatable bonds is 4. The summed E-state index contributed by atoms with van der Waals surface area (Å²) in [6.07, 6.45) is 6.43. The van der Waals surface area contributed by atoms with Crippen molar-refractivity contribution in [3.63, 3.8) is 0 Å². The maximum Gasteiger partial charge on any atom is 0.244 e. The van der Waals surface area contributed by atoms with Gasteiger partial charge >= 0.3 is 0 Å². The molecule has 8 heteroatoms. The Bertz CT molecular complexity index is 630. The van der Waals surface area contributed by atoms with Gasteiger partial charge in [-0.3, -0.25) is 4.79 Å². The van der Waals surface area contributed by atoms with Gasteiger partial charge in [0.25, 0.3) is 0 Å². The monoisotopic (exact) mass is 302 g/mol. The number of carbonyl (C=O) groups excluding carboxylic acids is 1. The summed E-state index contributed by atoms with van der Waals surface area (Å²) < 4.78 is 7.40. The van der Waals surface area contributed by atoms with E-state index < -0.39 is 0 Å². The molecule has 22 heavy (non-hydrogen) atoms. The third-order valence-electron chi connectivity index (χ3n) is 3.53. The Labute approximate surface area is 128 Å². The fourth-order valence-corrected chi connectivity index (χ4v) is 2.48. The van der Waals surface area contributed by atoms with E-state index in [0.29, 0.717) is 18.2 Å². The highest BCUT2D eigenvalue weighted by Gasteiger charge is 2.25. The molecule has 2 aromatic heterocycles. The van der Waals surface area contributed by atoms with Crippen molar-refractivity contribution in [2.45, 2.75) is 32.4 Å². The molecule has 0 aromatic carbocycles. The van der Waals surface area contributed by atoms with Crippen LogP contribution in [0.5, 0.6) is 5.88 Å². The normalized spacial score (nSPS) is 18.2. The topological polar surface area (TPSA) is 86.0 Å². The van der Waals surface area contributed by atoms with Crippen LogP contribution in [0.3, 0.4) is 0 Å². The zero-order chi connectivity index (χ0) is 15.4. The fourth-order valence-electron chi connectivity index (χ4n) is 2.48. The van der Waals surface area contributed by atoms with Gasteiger partial charge in [0.05, 0.1) is 6.54 Å². The molecule has 0 bridgehead atoms. The summed E-state index contributed by atoms with van der Waals surface area (Å²) in [5.74, 6) is 1.26. The second-order valence-corrected chi connectivity index (χ2v) is 5.26. The number of likely N-dealkylation sites (tertiary alicyclic amines) is 1. The molecule has 1 saturated heterocycles. The van der Waals surface area contributed by atoms with Crippen molar-refractivity contribution >= 4 is 5.91 Å². The molecule has 2 aromatic rings. The Balaban J connectivity index is 1.58. The van der Waals surface area contributed by atoms with E-state index in [-0.39, 0.29) is 18.6 Å². The van der Waals surface area contributed by atoms with E-state index in [1.807, 2.05) is 11.8 Å². The molecule has 0 aliphatic carbocycles. The lowest BCUT2D eigenvalue weighted by molar-refractivity contribution is -0.134. The van der Waals surface area contributed by atoms with Crippen molar-refractivity contribution in [3.8, 4) is 5.88 Å². The summed E-state index contributed by atoms with van der Waals surface area (Å²) in [4.78, 5) is 26.2. The van der Waals surface area contributed by atoms with E-state index in [1.54, 1.807) is 18.6 Å². The molecule has 1 amide bonds. The number of amides is 1. The van der Waals surface area contributed by atoms with Crippen molar-refractivity contribution in [2.24, 2.45) is 0 Å². The molecular weight excluding hydrogens is 284 g/mol. The SMILES string of the molecule is Cc1nccc(OC2CCCN(C(=O)Cn3cncn3)C2)n1. The second-order valence-electron chi connectivity index (χ2n) is 5.26. The van der Waals surface area contributed by atoms with Crippen LogP contribution in [0.2, 0.25) is 0 Å². The Kier molecular flexibility index (Phi) is 4.27. The second kappa shape index (κ2) is 6.50. The van der Waals surface area contributed by atoms with Crippen LogP contribution in [0.1, 0.15) is 18.7 Å². The number of carbonyl (C=O) groups is 1. The van der Waals surface area contributed by atoms with Crippen LogP contribution in [0.4, 0.5) is 0 Å². The smallest absolute Gasteiger partial charge is 0.244 e. The molecule has 1 aliphatic rings. The lowest BCUT2D eigenvalue weighted by atomic mass is 10.1. The van der Waals surface area contributed by atoms with Crippen LogP contribution in [-0.2, 0) is 11.3 Å². The summed E-state index contributed by atoms with van der Waals surface area (Å²) in [6.45, 7) is 3.34. The quantitative estimate of drug-likeness (QED) is 0.815. The van der Waals surface area contributed by atoms with Crippen molar-refractivity contribution in [1.29, 1.82) is 0 Å². The van der Waals surface area contributed by atoms with E-state index in [9.17, 15) is 4.79 Å². The lowest BCUT2D eigenvalue weighted by Gasteiger charge is -2.32.